The summed E-state index contributed by atoms with van der Waals surface area (Å²) in [5.41, 5.74) is 9.43. The molecular formula is C41H32N6. The first kappa shape index (κ1) is 27.3. The van der Waals surface area contributed by atoms with Gasteiger partial charge in [-0.3, -0.25) is 9.13 Å². The molecule has 47 heavy (non-hydrogen) atoms. The SMILES string of the molecule is CCCc1nc(-c2cccc(-n3c4ccccc4c4cc5c6ccccc6n(-c6ccccc6)c5nc43)c2)nn1-c1ccccc1C. The van der Waals surface area contributed by atoms with Crippen LogP contribution in [0.3, 0.4) is 0 Å². The number of hydrogen-bond acceptors (Lipinski definition) is 3. The second-order valence-corrected chi connectivity index (χ2v) is 12.1. The van der Waals surface area contributed by atoms with E-state index in [2.05, 4.69) is 156 Å². The molecule has 0 aliphatic heterocycles. The molecule has 5 aromatic carbocycles. The van der Waals surface area contributed by atoms with E-state index >= 15 is 0 Å². The van der Waals surface area contributed by atoms with E-state index in [-0.39, 0.29) is 0 Å². The maximum Gasteiger partial charge on any atom is 0.181 e. The zero-order chi connectivity index (χ0) is 31.5. The van der Waals surface area contributed by atoms with Gasteiger partial charge in [0.15, 0.2) is 5.82 Å². The summed E-state index contributed by atoms with van der Waals surface area (Å²) in [6, 6.07) is 46.9. The van der Waals surface area contributed by atoms with E-state index in [1.165, 1.54) is 16.3 Å². The van der Waals surface area contributed by atoms with Crippen LogP contribution in [0.25, 0.3) is 72.3 Å². The highest BCUT2D eigenvalue weighted by Gasteiger charge is 2.20. The standard InChI is InChI=1S/C41H32N6/c1-3-14-38-42-39(44-47(38)35-22-10-7-15-27(35)2)28-16-13-19-30(25-28)46-37-24-12-9-21-32(37)34-26-33-31-20-8-11-23-36(31)45(40(33)43-41(34)46)29-17-5-4-6-18-29/h4-13,15-26H,3,14H2,1-2H3. The van der Waals surface area contributed by atoms with Crippen LogP contribution in [0.5, 0.6) is 0 Å². The van der Waals surface area contributed by atoms with Gasteiger partial charge in [0.1, 0.15) is 17.1 Å². The predicted octanol–water partition coefficient (Wildman–Crippen LogP) is 9.78. The van der Waals surface area contributed by atoms with Crippen molar-refractivity contribution in [2.45, 2.75) is 26.7 Å². The van der Waals surface area contributed by atoms with Gasteiger partial charge in [-0.15, -0.1) is 5.10 Å². The Labute approximate surface area is 272 Å². The van der Waals surface area contributed by atoms with E-state index < -0.39 is 0 Å². The van der Waals surface area contributed by atoms with Crippen molar-refractivity contribution in [3.63, 3.8) is 0 Å². The quantitative estimate of drug-likeness (QED) is 0.189. The molecule has 9 rings (SSSR count). The minimum absolute atomic E-state index is 0.721. The maximum atomic E-state index is 5.49. The van der Waals surface area contributed by atoms with Crippen LogP contribution in [0.1, 0.15) is 24.7 Å². The average molecular weight is 609 g/mol. The molecule has 0 amide bonds. The van der Waals surface area contributed by atoms with Crippen LogP contribution in [-0.2, 0) is 6.42 Å². The van der Waals surface area contributed by atoms with Crippen LogP contribution in [0.15, 0.2) is 133 Å². The van der Waals surface area contributed by atoms with Gasteiger partial charge in [0.2, 0.25) is 0 Å². The number of aryl methyl sites for hydroxylation is 2. The number of rotatable bonds is 6. The lowest BCUT2D eigenvalue weighted by Gasteiger charge is -2.10. The molecule has 0 aliphatic carbocycles. The summed E-state index contributed by atoms with van der Waals surface area (Å²) in [5.74, 6) is 1.69. The molecule has 4 heterocycles. The zero-order valence-corrected chi connectivity index (χ0v) is 26.3. The van der Waals surface area contributed by atoms with Gasteiger partial charge in [0.25, 0.3) is 0 Å². The van der Waals surface area contributed by atoms with Gasteiger partial charge in [-0.05, 0) is 67.4 Å². The molecule has 0 spiro atoms. The summed E-state index contributed by atoms with van der Waals surface area (Å²) in [6.07, 6.45) is 1.84. The highest BCUT2D eigenvalue weighted by Crippen LogP contribution is 2.38. The Morgan fingerprint density at radius 2 is 1.17 bits per heavy atom. The molecule has 4 aromatic heterocycles. The second-order valence-electron chi connectivity index (χ2n) is 12.1. The lowest BCUT2D eigenvalue weighted by Crippen LogP contribution is -2.04. The van der Waals surface area contributed by atoms with Crippen molar-refractivity contribution >= 4 is 43.9 Å². The molecule has 9 aromatic rings. The van der Waals surface area contributed by atoms with Crippen molar-refractivity contribution in [1.82, 2.24) is 28.9 Å². The molecule has 0 saturated heterocycles. The summed E-state index contributed by atoms with van der Waals surface area (Å²) in [6.45, 7) is 4.30. The normalized spacial score (nSPS) is 11.8. The third-order valence-electron chi connectivity index (χ3n) is 9.14. The molecule has 0 N–H and O–H groups in total. The lowest BCUT2D eigenvalue weighted by atomic mass is 10.1. The lowest BCUT2D eigenvalue weighted by molar-refractivity contribution is 0.756. The van der Waals surface area contributed by atoms with E-state index in [1.807, 2.05) is 4.68 Å². The predicted molar refractivity (Wildman–Crippen MR) is 192 cm³/mol. The Hall–Kier alpha value is -6.01. The molecule has 0 saturated carbocycles. The second kappa shape index (κ2) is 10.8. The molecule has 0 atom stereocenters. The van der Waals surface area contributed by atoms with Gasteiger partial charge in [0.05, 0.1) is 16.7 Å². The van der Waals surface area contributed by atoms with Crippen LogP contribution in [0.2, 0.25) is 0 Å². The Balaban J connectivity index is 1.29. The van der Waals surface area contributed by atoms with E-state index in [4.69, 9.17) is 15.1 Å². The summed E-state index contributed by atoms with van der Waals surface area (Å²) in [4.78, 5) is 10.6. The maximum absolute atomic E-state index is 5.49. The summed E-state index contributed by atoms with van der Waals surface area (Å²) >= 11 is 0. The third-order valence-corrected chi connectivity index (χ3v) is 9.14. The minimum atomic E-state index is 0.721. The van der Waals surface area contributed by atoms with Gasteiger partial charge in [-0.2, -0.15) is 0 Å². The van der Waals surface area contributed by atoms with Crippen LogP contribution >= 0.6 is 0 Å². The fraction of sp³-hybridized carbons (Fsp3) is 0.0976. The molecule has 0 fully saturated rings. The minimum Gasteiger partial charge on any atom is -0.294 e. The van der Waals surface area contributed by atoms with Crippen molar-refractivity contribution < 1.29 is 0 Å². The Bertz CT molecular complexity index is 2600. The number of aromatic nitrogens is 6. The number of hydrogen-bond donors (Lipinski definition) is 0. The number of benzene rings is 5. The Kier molecular flexibility index (Phi) is 6.28. The number of fused-ring (bicyclic) bond motifs is 6. The van der Waals surface area contributed by atoms with Gasteiger partial charge >= 0.3 is 0 Å². The Morgan fingerprint density at radius 3 is 1.87 bits per heavy atom. The highest BCUT2D eigenvalue weighted by molar-refractivity contribution is 6.16. The molecule has 226 valence electrons. The zero-order valence-electron chi connectivity index (χ0n) is 26.3. The van der Waals surface area contributed by atoms with Crippen LogP contribution in [0.4, 0.5) is 0 Å². The van der Waals surface area contributed by atoms with E-state index in [1.54, 1.807) is 0 Å². The van der Waals surface area contributed by atoms with Crippen molar-refractivity contribution in [3.8, 4) is 28.5 Å². The summed E-state index contributed by atoms with van der Waals surface area (Å²) in [7, 11) is 0. The van der Waals surface area contributed by atoms with Crippen molar-refractivity contribution in [2.75, 3.05) is 0 Å². The molecule has 0 aliphatic rings. The largest absolute Gasteiger partial charge is 0.294 e. The first-order valence-electron chi connectivity index (χ1n) is 16.2. The molecule has 0 radical (unpaired) electrons. The van der Waals surface area contributed by atoms with Gasteiger partial charge in [-0.25, -0.2) is 14.6 Å². The van der Waals surface area contributed by atoms with Crippen LogP contribution in [0, 0.1) is 6.92 Å². The first-order valence-corrected chi connectivity index (χ1v) is 16.2. The molecular weight excluding hydrogens is 576 g/mol. The van der Waals surface area contributed by atoms with Crippen molar-refractivity contribution in [2.24, 2.45) is 0 Å². The summed E-state index contributed by atoms with van der Waals surface area (Å²) in [5, 5.41) is 9.70. The monoisotopic (exact) mass is 608 g/mol. The number of para-hydroxylation sites is 4. The fourth-order valence-electron chi connectivity index (χ4n) is 6.98. The van der Waals surface area contributed by atoms with Gasteiger partial charge in [-0.1, -0.05) is 91.9 Å². The van der Waals surface area contributed by atoms with Crippen LogP contribution < -0.4 is 0 Å². The topological polar surface area (TPSA) is 53.5 Å². The Morgan fingerprint density at radius 1 is 0.553 bits per heavy atom. The van der Waals surface area contributed by atoms with E-state index in [9.17, 15) is 0 Å². The molecule has 0 unspecified atom stereocenters. The molecule has 0 bridgehead atoms. The molecule has 6 nitrogen and oxygen atoms in total. The smallest absolute Gasteiger partial charge is 0.181 e. The summed E-state index contributed by atoms with van der Waals surface area (Å²) < 4.78 is 6.58. The highest BCUT2D eigenvalue weighted by atomic mass is 15.4. The van der Waals surface area contributed by atoms with Gasteiger partial charge in [0, 0.05) is 44.9 Å². The van der Waals surface area contributed by atoms with Crippen LogP contribution in [-0.4, -0.2) is 28.9 Å². The average Bonchev–Trinajstić information content (AvgIpc) is 3.78. The third kappa shape index (κ3) is 4.29. The van der Waals surface area contributed by atoms with E-state index in [0.717, 1.165) is 80.2 Å². The fourth-order valence-corrected chi connectivity index (χ4v) is 6.98. The molecule has 6 heteroatoms. The first-order chi connectivity index (χ1) is 23.2. The van der Waals surface area contributed by atoms with E-state index in [0.29, 0.717) is 0 Å². The number of pyridine rings is 1. The van der Waals surface area contributed by atoms with Crippen molar-refractivity contribution in [1.29, 1.82) is 0 Å². The van der Waals surface area contributed by atoms with Gasteiger partial charge < -0.3 is 0 Å². The number of nitrogens with zero attached hydrogens (tertiary/aromatic N) is 6. The van der Waals surface area contributed by atoms with Crippen molar-refractivity contribution in [3.05, 3.63) is 145 Å².